The van der Waals surface area contributed by atoms with Crippen LogP contribution in [0.15, 0.2) is 132 Å². The summed E-state index contributed by atoms with van der Waals surface area (Å²) in [5, 5.41) is 41.3. The Hall–Kier alpha value is -6.56. The van der Waals surface area contributed by atoms with Crippen molar-refractivity contribution in [2.24, 2.45) is 16.7 Å². The highest BCUT2D eigenvalue weighted by molar-refractivity contribution is 5.95. The number of rotatable bonds is 13. The number of Topliss-reactive ketones (excluding diaryl/α,β-unsaturated/α-hetero) is 1. The molecular weight excluding hydrogens is 903 g/mol. The van der Waals surface area contributed by atoms with Crippen LogP contribution in [-0.2, 0) is 47.6 Å². The zero-order valence-electron chi connectivity index (χ0n) is 39.6. The van der Waals surface area contributed by atoms with Gasteiger partial charge in [0.15, 0.2) is 17.5 Å². The van der Waals surface area contributed by atoms with E-state index in [0.717, 1.165) is 13.8 Å². The van der Waals surface area contributed by atoms with Crippen LogP contribution in [0.4, 0.5) is 0 Å². The number of hydrogen-bond donors (Lipinski definition) is 4. The Morgan fingerprint density at radius 3 is 1.86 bits per heavy atom. The lowest BCUT2D eigenvalue weighted by Crippen LogP contribution is -2.81. The van der Waals surface area contributed by atoms with E-state index in [4.69, 9.17) is 28.4 Å². The minimum atomic E-state index is -2.42. The topological polar surface area (TPSA) is 231 Å². The second-order valence-electron chi connectivity index (χ2n) is 19.2. The van der Waals surface area contributed by atoms with Crippen molar-refractivity contribution in [1.82, 2.24) is 5.32 Å². The van der Waals surface area contributed by atoms with Crippen LogP contribution in [0.2, 0.25) is 0 Å². The fraction of sp³-hybridized carbons (Fsp3) is 0.407. The van der Waals surface area contributed by atoms with Crippen LogP contribution >= 0.6 is 0 Å². The Kier molecular flexibility index (Phi) is 13.8. The summed E-state index contributed by atoms with van der Waals surface area (Å²) in [5.41, 5.74) is -6.87. The van der Waals surface area contributed by atoms with Gasteiger partial charge in [-0.15, -0.1) is 0 Å². The van der Waals surface area contributed by atoms with E-state index in [1.54, 1.807) is 123 Å². The predicted octanol–water partition coefficient (Wildman–Crippen LogP) is 5.45. The Bertz CT molecular complexity index is 2660. The number of carbonyl (C=O) groups is 6. The number of aliphatic hydroxyl groups is 3. The lowest BCUT2D eigenvalue weighted by Gasteiger charge is -2.67. The molecule has 16 heteroatoms. The number of benzene rings is 4. The summed E-state index contributed by atoms with van der Waals surface area (Å²) in [6.07, 6.45) is -12.2. The summed E-state index contributed by atoms with van der Waals surface area (Å²) in [5.74, 6) is -6.72. The molecule has 368 valence electrons. The molecule has 16 nitrogen and oxygen atoms in total. The Morgan fingerprint density at radius 1 is 0.757 bits per heavy atom. The minimum Gasteiger partial charge on any atom is -0.456 e. The van der Waals surface area contributed by atoms with E-state index in [9.17, 15) is 34.5 Å². The number of nitrogens with one attached hydrogen (secondary N) is 1. The van der Waals surface area contributed by atoms with E-state index in [1.165, 1.54) is 26.0 Å². The number of esters is 4. The van der Waals surface area contributed by atoms with Crippen molar-refractivity contribution >= 4 is 35.6 Å². The summed E-state index contributed by atoms with van der Waals surface area (Å²) in [4.78, 5) is 84.9. The van der Waals surface area contributed by atoms with Crippen molar-refractivity contribution in [2.45, 2.75) is 115 Å². The Morgan fingerprint density at radius 2 is 1.31 bits per heavy atom. The van der Waals surface area contributed by atoms with E-state index in [-0.39, 0.29) is 35.3 Å². The predicted molar refractivity (Wildman–Crippen MR) is 248 cm³/mol. The summed E-state index contributed by atoms with van der Waals surface area (Å²) in [6, 6.07) is 31.5. The SMILES string of the molecule is CC(=O)OC(O[C@@H](C(=O)O[C@H]1C[C@@]2(O)[C@@H](OC(=O)c3ccccc3)C3[C@](C)(C(=O)[C@H](O)C(=C1C)C2(C)C)[C@@H](O)C[C@H]1OC[C@@]31OC(C)=O)[C@@H](NC(=O)c1ccccc1)c1ccccc1)c1ccccc1. The van der Waals surface area contributed by atoms with E-state index < -0.39 is 119 Å². The molecule has 1 amide bonds. The first kappa shape index (κ1) is 49.8. The maximum atomic E-state index is 15.4. The summed E-state index contributed by atoms with van der Waals surface area (Å²) in [7, 11) is 0. The molecule has 4 N–H and O–H groups in total. The van der Waals surface area contributed by atoms with Gasteiger partial charge in [-0.2, -0.15) is 0 Å². The summed E-state index contributed by atoms with van der Waals surface area (Å²) < 4.78 is 37.1. The standard InChI is InChI=1S/C54H57NO15/c1-30-37(67-49(63)43(68-50(66-31(2)56)36-25-17-10-18-26-36)41(33-19-11-7-12-20-33)55-47(61)34-21-13-8-14-22-34)28-54(64)46(69-48(62)35-23-15-9-16-24-35)44-52(6,45(60)42(59)40(30)51(54,4)5)38(58)27-39-53(44,29-65-39)70-32(3)57/h7-26,37-39,41-44,46,50,58-59,64H,27-29H2,1-6H3,(H,55,61)/t37-,38-,39+,41-,42+,43+,44?,46-,50?,52+,53-,54+/m0/s1. The first-order valence-corrected chi connectivity index (χ1v) is 23.1. The van der Waals surface area contributed by atoms with Crippen LogP contribution in [0.25, 0.3) is 0 Å². The largest absolute Gasteiger partial charge is 0.456 e. The number of carbonyl (C=O) groups excluding carboxylic acids is 6. The monoisotopic (exact) mass is 959 g/mol. The molecule has 4 aliphatic rings. The smallest absolute Gasteiger partial charge is 0.338 e. The lowest BCUT2D eigenvalue weighted by molar-refractivity contribution is -0.346. The molecule has 12 atom stereocenters. The highest BCUT2D eigenvalue weighted by Crippen LogP contribution is 2.64. The second kappa shape index (κ2) is 19.3. The van der Waals surface area contributed by atoms with Gasteiger partial charge in [0.1, 0.15) is 30.0 Å². The van der Waals surface area contributed by atoms with Gasteiger partial charge in [0.25, 0.3) is 5.91 Å². The van der Waals surface area contributed by atoms with Crippen LogP contribution in [-0.4, -0.2) is 105 Å². The fourth-order valence-electron chi connectivity index (χ4n) is 11.1. The summed E-state index contributed by atoms with van der Waals surface area (Å²) in [6.45, 7) is 8.03. The van der Waals surface area contributed by atoms with Crippen LogP contribution < -0.4 is 5.32 Å². The van der Waals surface area contributed by atoms with Gasteiger partial charge in [-0.1, -0.05) is 111 Å². The molecule has 8 rings (SSSR count). The molecule has 70 heavy (non-hydrogen) atoms. The van der Waals surface area contributed by atoms with Crippen molar-refractivity contribution < 1.29 is 72.5 Å². The number of hydrogen-bond acceptors (Lipinski definition) is 15. The van der Waals surface area contributed by atoms with Gasteiger partial charge in [-0.05, 0) is 54.8 Å². The Labute approximate surface area is 404 Å². The molecule has 0 radical (unpaired) electrons. The molecule has 0 aromatic heterocycles. The first-order valence-electron chi connectivity index (χ1n) is 23.1. The molecule has 0 spiro atoms. The van der Waals surface area contributed by atoms with Crippen molar-refractivity contribution in [1.29, 1.82) is 0 Å². The van der Waals surface area contributed by atoms with Crippen molar-refractivity contribution in [3.05, 3.63) is 155 Å². The number of amides is 1. The molecule has 1 aliphatic heterocycles. The average Bonchev–Trinajstić information content (AvgIpc) is 3.34. The molecular formula is C54H57NO15. The van der Waals surface area contributed by atoms with Gasteiger partial charge < -0.3 is 49.1 Å². The van der Waals surface area contributed by atoms with E-state index >= 15 is 9.59 Å². The Balaban J connectivity index is 1.29. The van der Waals surface area contributed by atoms with Gasteiger partial charge in [0.2, 0.25) is 6.29 Å². The normalized spacial score (nSPS) is 30.0. The number of ketones is 1. The van der Waals surface area contributed by atoms with E-state index in [1.807, 2.05) is 0 Å². The van der Waals surface area contributed by atoms with Crippen LogP contribution in [0, 0.1) is 16.7 Å². The van der Waals surface area contributed by atoms with Gasteiger partial charge in [-0.25, -0.2) is 9.59 Å². The third-order valence-electron chi connectivity index (χ3n) is 14.8. The molecule has 2 unspecified atom stereocenters. The molecule has 1 saturated heterocycles. The number of ether oxygens (including phenoxy) is 6. The molecule has 3 fully saturated rings. The highest BCUT2D eigenvalue weighted by Gasteiger charge is 2.78. The lowest BCUT2D eigenvalue weighted by atomic mass is 9.44. The van der Waals surface area contributed by atoms with E-state index in [0.29, 0.717) is 11.1 Å². The van der Waals surface area contributed by atoms with Crippen LogP contribution in [0.5, 0.6) is 0 Å². The van der Waals surface area contributed by atoms with Gasteiger partial charge >= 0.3 is 23.9 Å². The first-order chi connectivity index (χ1) is 33.2. The maximum absolute atomic E-state index is 15.4. The van der Waals surface area contributed by atoms with Crippen LogP contribution in [0.1, 0.15) is 98.6 Å². The zero-order valence-corrected chi connectivity index (χ0v) is 39.6. The molecule has 2 bridgehead atoms. The van der Waals surface area contributed by atoms with Gasteiger partial charge in [-0.3, -0.25) is 19.2 Å². The molecule has 2 saturated carbocycles. The third-order valence-corrected chi connectivity index (χ3v) is 14.8. The molecule has 4 aromatic carbocycles. The zero-order chi connectivity index (χ0) is 50.3. The minimum absolute atomic E-state index is 0.0642. The molecule has 1 heterocycles. The quantitative estimate of drug-likeness (QED) is 0.0565. The third kappa shape index (κ3) is 8.72. The maximum Gasteiger partial charge on any atom is 0.338 e. The summed E-state index contributed by atoms with van der Waals surface area (Å²) >= 11 is 0. The second-order valence-corrected chi connectivity index (χ2v) is 19.2. The highest BCUT2D eigenvalue weighted by atomic mass is 16.7. The van der Waals surface area contributed by atoms with Crippen molar-refractivity contribution in [3.8, 4) is 0 Å². The number of fused-ring (bicyclic) bond motifs is 5. The van der Waals surface area contributed by atoms with Gasteiger partial charge in [0.05, 0.1) is 35.6 Å². The number of aliphatic hydroxyl groups excluding tert-OH is 2. The average molecular weight is 960 g/mol. The van der Waals surface area contributed by atoms with E-state index in [2.05, 4.69) is 5.32 Å². The van der Waals surface area contributed by atoms with Gasteiger partial charge in [0, 0.05) is 43.2 Å². The van der Waals surface area contributed by atoms with Crippen molar-refractivity contribution in [2.75, 3.05) is 6.61 Å². The molecule has 3 aliphatic carbocycles. The molecule has 4 aromatic rings. The fourth-order valence-corrected chi connectivity index (χ4v) is 11.1. The van der Waals surface area contributed by atoms with Crippen LogP contribution in [0.3, 0.4) is 0 Å². The van der Waals surface area contributed by atoms with Crippen molar-refractivity contribution in [3.63, 3.8) is 0 Å².